The summed E-state index contributed by atoms with van der Waals surface area (Å²) in [5, 5.41) is 1.03. The van der Waals surface area contributed by atoms with Gasteiger partial charge in [0, 0.05) is 28.9 Å². The Morgan fingerprint density at radius 3 is 2.76 bits per heavy atom. The number of hydrogen-bond acceptors (Lipinski definition) is 2. The quantitative estimate of drug-likeness (QED) is 0.713. The highest BCUT2D eigenvalue weighted by molar-refractivity contribution is 9.10. The third-order valence-corrected chi connectivity index (χ3v) is 4.19. The zero-order valence-electron chi connectivity index (χ0n) is 9.96. The van der Waals surface area contributed by atoms with E-state index in [4.69, 9.17) is 4.74 Å². The molecule has 0 unspecified atom stereocenters. The third kappa shape index (κ3) is 3.70. The van der Waals surface area contributed by atoms with Gasteiger partial charge >= 0.3 is 0 Å². The van der Waals surface area contributed by atoms with E-state index < -0.39 is 0 Å². The largest absolute Gasteiger partial charge is 0.497 e. The number of methoxy groups -OCH3 is 1. The lowest BCUT2D eigenvalue weighted by molar-refractivity contribution is 0.271. The van der Waals surface area contributed by atoms with Crippen LogP contribution in [0.15, 0.2) is 22.7 Å². The van der Waals surface area contributed by atoms with Crippen molar-refractivity contribution in [3.63, 3.8) is 0 Å². The van der Waals surface area contributed by atoms with Crippen LogP contribution in [-0.2, 0) is 6.54 Å². The van der Waals surface area contributed by atoms with Gasteiger partial charge in [0.1, 0.15) is 5.75 Å². The molecule has 0 bridgehead atoms. The SMILES string of the molecule is COc1ccc(Br)c(CN(CCBr)C2CC2)c1. The molecule has 0 aromatic heterocycles. The maximum absolute atomic E-state index is 5.28. The molecule has 1 aromatic carbocycles. The van der Waals surface area contributed by atoms with E-state index in [2.05, 4.69) is 48.9 Å². The van der Waals surface area contributed by atoms with Crippen LogP contribution in [0.25, 0.3) is 0 Å². The summed E-state index contributed by atoms with van der Waals surface area (Å²) >= 11 is 7.14. The molecule has 2 nitrogen and oxygen atoms in total. The second-order valence-electron chi connectivity index (χ2n) is 4.35. The average Bonchev–Trinajstić information content (AvgIpc) is 3.15. The number of rotatable bonds is 6. The minimum absolute atomic E-state index is 0.783. The lowest BCUT2D eigenvalue weighted by Crippen LogP contribution is -2.27. The molecule has 0 atom stereocenters. The van der Waals surface area contributed by atoms with Crippen LogP contribution in [0.3, 0.4) is 0 Å². The number of halogens is 2. The predicted octanol–water partition coefficient (Wildman–Crippen LogP) is 3.82. The molecule has 1 fully saturated rings. The zero-order valence-corrected chi connectivity index (χ0v) is 13.1. The van der Waals surface area contributed by atoms with Crippen molar-refractivity contribution in [2.24, 2.45) is 0 Å². The van der Waals surface area contributed by atoms with Crippen LogP contribution < -0.4 is 4.74 Å². The zero-order chi connectivity index (χ0) is 12.3. The number of benzene rings is 1. The first-order chi connectivity index (χ1) is 8.24. The Morgan fingerprint density at radius 1 is 1.41 bits per heavy atom. The van der Waals surface area contributed by atoms with Crippen molar-refractivity contribution in [1.82, 2.24) is 4.90 Å². The Morgan fingerprint density at radius 2 is 2.18 bits per heavy atom. The van der Waals surface area contributed by atoms with Crippen molar-refractivity contribution in [2.75, 3.05) is 19.0 Å². The van der Waals surface area contributed by atoms with Crippen molar-refractivity contribution in [1.29, 1.82) is 0 Å². The van der Waals surface area contributed by atoms with Crippen molar-refractivity contribution in [3.8, 4) is 5.75 Å². The normalized spacial score (nSPS) is 15.3. The van der Waals surface area contributed by atoms with Crippen molar-refractivity contribution in [2.45, 2.75) is 25.4 Å². The first-order valence-electron chi connectivity index (χ1n) is 5.87. The van der Waals surface area contributed by atoms with E-state index in [1.54, 1.807) is 7.11 Å². The fourth-order valence-corrected chi connectivity index (χ4v) is 2.78. The van der Waals surface area contributed by atoms with E-state index in [1.807, 2.05) is 6.07 Å². The fraction of sp³-hybridized carbons (Fsp3) is 0.538. The van der Waals surface area contributed by atoms with Gasteiger partial charge in [-0.15, -0.1) is 0 Å². The molecule has 0 heterocycles. The van der Waals surface area contributed by atoms with Gasteiger partial charge in [-0.3, -0.25) is 4.90 Å². The Hall–Kier alpha value is -0.0600. The van der Waals surface area contributed by atoms with Gasteiger partial charge in [-0.1, -0.05) is 31.9 Å². The highest BCUT2D eigenvalue weighted by atomic mass is 79.9. The summed E-state index contributed by atoms with van der Waals surface area (Å²) < 4.78 is 6.44. The summed E-state index contributed by atoms with van der Waals surface area (Å²) in [5.41, 5.74) is 1.30. The number of alkyl halides is 1. The van der Waals surface area contributed by atoms with Crippen molar-refractivity contribution >= 4 is 31.9 Å². The summed E-state index contributed by atoms with van der Waals surface area (Å²) in [7, 11) is 1.71. The minimum Gasteiger partial charge on any atom is -0.497 e. The van der Waals surface area contributed by atoms with Crippen LogP contribution in [0.4, 0.5) is 0 Å². The van der Waals surface area contributed by atoms with Crippen LogP contribution in [0.5, 0.6) is 5.75 Å². The molecule has 1 aliphatic rings. The average molecular weight is 363 g/mol. The van der Waals surface area contributed by atoms with Crippen LogP contribution in [0.1, 0.15) is 18.4 Å². The smallest absolute Gasteiger partial charge is 0.119 e. The minimum atomic E-state index is 0.783. The summed E-state index contributed by atoms with van der Waals surface area (Å²) in [4.78, 5) is 2.54. The van der Waals surface area contributed by atoms with E-state index >= 15 is 0 Å². The topological polar surface area (TPSA) is 12.5 Å². The lowest BCUT2D eigenvalue weighted by atomic mass is 10.2. The molecule has 0 saturated heterocycles. The monoisotopic (exact) mass is 361 g/mol. The maximum Gasteiger partial charge on any atom is 0.119 e. The Kier molecular flexibility index (Phi) is 4.88. The Labute approximate surface area is 120 Å². The molecule has 0 aliphatic heterocycles. The molecule has 17 heavy (non-hydrogen) atoms. The molecule has 4 heteroatoms. The standard InChI is InChI=1S/C13H17Br2NO/c1-17-12-4-5-13(15)10(8-12)9-16(7-6-14)11-2-3-11/h4-5,8,11H,2-3,6-7,9H2,1H3. The maximum atomic E-state index is 5.28. The third-order valence-electron chi connectivity index (χ3n) is 3.06. The second-order valence-corrected chi connectivity index (χ2v) is 6.00. The Bertz CT molecular complexity index is 380. The first kappa shape index (κ1) is 13.4. The molecular weight excluding hydrogens is 346 g/mol. The highest BCUT2D eigenvalue weighted by Crippen LogP contribution is 2.31. The van der Waals surface area contributed by atoms with Gasteiger partial charge in [0.2, 0.25) is 0 Å². The number of nitrogens with zero attached hydrogens (tertiary/aromatic N) is 1. The number of hydrogen-bond donors (Lipinski definition) is 0. The van der Waals surface area contributed by atoms with Crippen LogP contribution >= 0.6 is 31.9 Å². The molecule has 0 spiro atoms. The van der Waals surface area contributed by atoms with Crippen LogP contribution in [-0.4, -0.2) is 29.9 Å². The summed E-state index contributed by atoms with van der Waals surface area (Å²) in [6.45, 7) is 2.10. The highest BCUT2D eigenvalue weighted by Gasteiger charge is 2.28. The van der Waals surface area contributed by atoms with Crippen LogP contribution in [0.2, 0.25) is 0 Å². The summed E-state index contributed by atoms with van der Waals surface area (Å²) in [6, 6.07) is 6.95. The van der Waals surface area contributed by atoms with E-state index in [0.29, 0.717) is 0 Å². The molecule has 2 rings (SSSR count). The summed E-state index contributed by atoms with van der Waals surface area (Å²) in [6.07, 6.45) is 2.68. The van der Waals surface area contributed by atoms with Gasteiger partial charge in [-0.05, 0) is 36.6 Å². The molecule has 0 N–H and O–H groups in total. The van der Waals surface area contributed by atoms with Gasteiger partial charge in [-0.25, -0.2) is 0 Å². The molecule has 0 amide bonds. The van der Waals surface area contributed by atoms with E-state index in [0.717, 1.165) is 30.2 Å². The second kappa shape index (κ2) is 6.21. The molecule has 1 saturated carbocycles. The van der Waals surface area contributed by atoms with Gasteiger partial charge in [0.15, 0.2) is 0 Å². The van der Waals surface area contributed by atoms with E-state index in [-0.39, 0.29) is 0 Å². The van der Waals surface area contributed by atoms with Gasteiger partial charge in [0.25, 0.3) is 0 Å². The fourth-order valence-electron chi connectivity index (χ4n) is 1.96. The molecule has 0 radical (unpaired) electrons. The predicted molar refractivity (Wildman–Crippen MR) is 77.9 cm³/mol. The Balaban J connectivity index is 2.09. The lowest BCUT2D eigenvalue weighted by Gasteiger charge is -2.21. The van der Waals surface area contributed by atoms with Gasteiger partial charge in [-0.2, -0.15) is 0 Å². The molecule has 1 aliphatic carbocycles. The van der Waals surface area contributed by atoms with Gasteiger partial charge < -0.3 is 4.74 Å². The van der Waals surface area contributed by atoms with Crippen LogP contribution in [0, 0.1) is 0 Å². The molecule has 1 aromatic rings. The molecular formula is C13H17Br2NO. The van der Waals surface area contributed by atoms with Crippen molar-refractivity contribution in [3.05, 3.63) is 28.2 Å². The van der Waals surface area contributed by atoms with Gasteiger partial charge in [0.05, 0.1) is 7.11 Å². The first-order valence-corrected chi connectivity index (χ1v) is 7.78. The van der Waals surface area contributed by atoms with E-state index in [1.165, 1.54) is 22.9 Å². The summed E-state index contributed by atoms with van der Waals surface area (Å²) in [5.74, 6) is 0.929. The van der Waals surface area contributed by atoms with Crippen molar-refractivity contribution < 1.29 is 4.74 Å². The van der Waals surface area contributed by atoms with E-state index in [9.17, 15) is 0 Å². The molecule has 94 valence electrons. The number of ether oxygens (including phenoxy) is 1.